The van der Waals surface area contributed by atoms with Crippen LogP contribution in [0.2, 0.25) is 5.02 Å². The van der Waals surface area contributed by atoms with Gasteiger partial charge in [0.2, 0.25) is 5.95 Å². The predicted octanol–water partition coefficient (Wildman–Crippen LogP) is 7.24. The number of nitrogens with zero attached hydrogens (tertiary/aromatic N) is 6. The maximum Gasteiger partial charge on any atom is 0.263 e. The Labute approximate surface area is 252 Å². The number of halogens is 4. The monoisotopic (exact) mass is 608 g/mol. The summed E-state index contributed by atoms with van der Waals surface area (Å²) >= 11 is 6.74. The molecule has 43 heavy (non-hydrogen) atoms. The van der Waals surface area contributed by atoms with Crippen molar-refractivity contribution in [3.05, 3.63) is 70.1 Å². The van der Waals surface area contributed by atoms with Crippen LogP contribution in [0.5, 0.6) is 0 Å². The smallest absolute Gasteiger partial charge is 0.263 e. The van der Waals surface area contributed by atoms with Gasteiger partial charge in [-0.15, -0.1) is 5.10 Å². The van der Waals surface area contributed by atoms with Gasteiger partial charge in [-0.2, -0.15) is 9.65 Å². The Hall–Kier alpha value is -3.91. The zero-order valence-electron chi connectivity index (χ0n) is 24.5. The predicted molar refractivity (Wildman–Crippen MR) is 159 cm³/mol. The molecule has 0 unspecified atom stereocenters. The van der Waals surface area contributed by atoms with Gasteiger partial charge in [0.1, 0.15) is 17.3 Å². The summed E-state index contributed by atoms with van der Waals surface area (Å²) in [7, 11) is 0. The molecule has 3 heterocycles. The number of pyridine rings is 2. The second-order valence-corrected chi connectivity index (χ2v) is 13.2. The quantitative estimate of drug-likeness (QED) is 0.193. The van der Waals surface area contributed by atoms with Crippen molar-refractivity contribution in [1.82, 2.24) is 25.0 Å². The van der Waals surface area contributed by atoms with E-state index in [1.165, 1.54) is 23.1 Å². The molecule has 0 spiro atoms. The SMILES string of the molecule is Cc1nc(F)ccc1[C@H](Nc1cc(Cl)c2ncc(C#N)c(NCC3C(C)(C)C3(C)C)c2c1)c1cn(C2(C(F)F)CC2)nn1. The molecule has 2 fully saturated rings. The van der Waals surface area contributed by atoms with Crippen molar-refractivity contribution in [2.45, 2.75) is 65.5 Å². The first kappa shape index (κ1) is 29.2. The van der Waals surface area contributed by atoms with E-state index in [1.807, 2.05) is 6.07 Å². The van der Waals surface area contributed by atoms with Gasteiger partial charge in [0.05, 0.1) is 34.0 Å². The number of benzene rings is 1. The standard InChI is InChI=1S/C31H32ClF3N8/c1-16-19(6-7-24(33)39-16)27(22-15-43(42-41-22)31(8-9-31)28(34)35)40-18-10-20-25(38-14-23-29(2,3)30(23,4)5)17(12-36)13-37-26(20)21(32)11-18/h6-7,10-11,13,15,23,27-28,40H,8-9,14H2,1-5H3,(H,37,38)/t27-/m0/s1. The minimum atomic E-state index is -2.58. The molecule has 4 aromatic rings. The molecule has 2 aliphatic rings. The number of hydrogen-bond donors (Lipinski definition) is 2. The van der Waals surface area contributed by atoms with Gasteiger partial charge in [0.25, 0.3) is 6.43 Å². The van der Waals surface area contributed by atoms with Gasteiger partial charge < -0.3 is 10.6 Å². The summed E-state index contributed by atoms with van der Waals surface area (Å²) in [5, 5.41) is 26.1. The van der Waals surface area contributed by atoms with Gasteiger partial charge in [0, 0.05) is 35.1 Å². The topological polar surface area (TPSA) is 104 Å². The molecule has 8 nitrogen and oxygen atoms in total. The Morgan fingerprint density at radius 3 is 2.49 bits per heavy atom. The molecule has 1 aromatic carbocycles. The number of fused-ring (bicyclic) bond motifs is 1. The molecule has 12 heteroatoms. The summed E-state index contributed by atoms with van der Waals surface area (Å²) in [6.07, 6.45) is 1.05. The van der Waals surface area contributed by atoms with E-state index in [9.17, 15) is 18.4 Å². The highest BCUT2D eigenvalue weighted by Crippen LogP contribution is 2.68. The lowest BCUT2D eigenvalue weighted by molar-refractivity contribution is 0.0593. The summed E-state index contributed by atoms with van der Waals surface area (Å²) in [4.78, 5) is 8.42. The molecular formula is C31H32ClF3N8. The zero-order chi connectivity index (χ0) is 30.9. The molecule has 0 amide bonds. The highest BCUT2D eigenvalue weighted by Gasteiger charge is 2.64. The highest BCUT2D eigenvalue weighted by molar-refractivity contribution is 6.35. The molecule has 0 saturated heterocycles. The highest BCUT2D eigenvalue weighted by atomic mass is 35.5. The van der Waals surface area contributed by atoms with Crippen LogP contribution in [0.15, 0.2) is 36.7 Å². The van der Waals surface area contributed by atoms with Crippen LogP contribution >= 0.6 is 11.6 Å². The van der Waals surface area contributed by atoms with E-state index in [0.29, 0.717) is 75.1 Å². The van der Waals surface area contributed by atoms with Crippen LogP contribution in [0.25, 0.3) is 10.9 Å². The van der Waals surface area contributed by atoms with Crippen LogP contribution in [-0.2, 0) is 5.54 Å². The fourth-order valence-corrected chi connectivity index (χ4v) is 6.56. The van der Waals surface area contributed by atoms with Crippen LogP contribution in [0.1, 0.15) is 69.1 Å². The van der Waals surface area contributed by atoms with Crippen molar-refractivity contribution < 1.29 is 13.2 Å². The van der Waals surface area contributed by atoms with Crippen molar-refractivity contribution in [2.24, 2.45) is 16.7 Å². The van der Waals surface area contributed by atoms with E-state index in [2.05, 4.69) is 64.7 Å². The Balaban J connectivity index is 1.41. The summed E-state index contributed by atoms with van der Waals surface area (Å²) in [6.45, 7) is 11.3. The number of aromatic nitrogens is 5. The third kappa shape index (κ3) is 4.76. The molecule has 2 N–H and O–H groups in total. The average molecular weight is 609 g/mol. The molecule has 1 atom stereocenters. The van der Waals surface area contributed by atoms with Crippen molar-refractivity contribution >= 4 is 33.9 Å². The number of hydrogen-bond acceptors (Lipinski definition) is 7. The minimum absolute atomic E-state index is 0.148. The second kappa shape index (κ2) is 10.1. The van der Waals surface area contributed by atoms with E-state index in [4.69, 9.17) is 11.6 Å². The van der Waals surface area contributed by atoms with E-state index < -0.39 is 24.0 Å². The van der Waals surface area contributed by atoms with E-state index in [1.54, 1.807) is 19.1 Å². The van der Waals surface area contributed by atoms with Crippen molar-refractivity contribution in [3.63, 3.8) is 0 Å². The lowest BCUT2D eigenvalue weighted by atomic mass is 10.0. The van der Waals surface area contributed by atoms with Gasteiger partial charge in [-0.1, -0.05) is 50.6 Å². The lowest BCUT2D eigenvalue weighted by Crippen LogP contribution is -2.26. The Morgan fingerprint density at radius 2 is 1.88 bits per heavy atom. The molecular weight excluding hydrogens is 577 g/mol. The molecule has 0 bridgehead atoms. The van der Waals surface area contributed by atoms with Gasteiger partial charge >= 0.3 is 0 Å². The number of alkyl halides is 2. The maximum atomic E-state index is 14.0. The zero-order valence-corrected chi connectivity index (χ0v) is 25.3. The molecule has 3 aromatic heterocycles. The third-order valence-corrected chi connectivity index (χ3v) is 10.3. The van der Waals surface area contributed by atoms with Gasteiger partial charge in [-0.05, 0) is 54.7 Å². The summed E-state index contributed by atoms with van der Waals surface area (Å²) in [5.74, 6) is -0.240. The van der Waals surface area contributed by atoms with Crippen LogP contribution in [0, 0.1) is 41.0 Å². The fourth-order valence-electron chi connectivity index (χ4n) is 6.29. The van der Waals surface area contributed by atoms with Gasteiger partial charge in [-0.25, -0.2) is 18.4 Å². The first-order valence-corrected chi connectivity index (χ1v) is 14.5. The van der Waals surface area contributed by atoms with E-state index >= 15 is 0 Å². The van der Waals surface area contributed by atoms with Crippen molar-refractivity contribution in [1.29, 1.82) is 5.26 Å². The first-order chi connectivity index (χ1) is 20.3. The molecule has 0 aliphatic heterocycles. The Kier molecular flexibility index (Phi) is 6.84. The molecule has 6 rings (SSSR count). The number of anilines is 2. The van der Waals surface area contributed by atoms with Crippen LogP contribution < -0.4 is 10.6 Å². The Bertz CT molecular complexity index is 1760. The minimum Gasteiger partial charge on any atom is -0.383 e. The first-order valence-electron chi connectivity index (χ1n) is 14.2. The number of nitriles is 1. The van der Waals surface area contributed by atoms with Crippen LogP contribution in [0.4, 0.5) is 24.5 Å². The number of nitrogens with one attached hydrogen (secondary N) is 2. The number of aryl methyl sites for hydroxylation is 1. The summed E-state index contributed by atoms with van der Waals surface area (Å²) in [5.41, 5.74) is 2.39. The van der Waals surface area contributed by atoms with Gasteiger partial charge in [0.15, 0.2) is 0 Å². The Morgan fingerprint density at radius 1 is 1.16 bits per heavy atom. The number of rotatable bonds is 9. The lowest BCUT2D eigenvalue weighted by Gasteiger charge is -2.21. The van der Waals surface area contributed by atoms with Crippen molar-refractivity contribution in [3.8, 4) is 6.07 Å². The normalized spacial score (nSPS) is 18.8. The van der Waals surface area contributed by atoms with Crippen LogP contribution in [0.3, 0.4) is 0 Å². The van der Waals surface area contributed by atoms with Gasteiger partial charge in [-0.3, -0.25) is 4.98 Å². The fraction of sp³-hybridized carbons (Fsp3) is 0.452. The van der Waals surface area contributed by atoms with Crippen LogP contribution in [-0.4, -0.2) is 37.9 Å². The molecule has 0 radical (unpaired) electrons. The van der Waals surface area contributed by atoms with E-state index in [-0.39, 0.29) is 10.8 Å². The summed E-state index contributed by atoms with van der Waals surface area (Å²) in [6, 6.07) is 7.87. The molecule has 2 aliphatic carbocycles. The molecule has 224 valence electrons. The maximum absolute atomic E-state index is 14.0. The molecule has 2 saturated carbocycles. The van der Waals surface area contributed by atoms with E-state index in [0.717, 1.165) is 0 Å². The average Bonchev–Trinajstić information content (AvgIpc) is 3.73. The largest absolute Gasteiger partial charge is 0.383 e. The van der Waals surface area contributed by atoms with Crippen molar-refractivity contribution in [2.75, 3.05) is 17.2 Å². The summed E-state index contributed by atoms with van der Waals surface area (Å²) < 4.78 is 42.9. The third-order valence-electron chi connectivity index (χ3n) is 9.99. The second-order valence-electron chi connectivity index (χ2n) is 12.8.